The van der Waals surface area contributed by atoms with E-state index in [0.29, 0.717) is 17.0 Å². The van der Waals surface area contributed by atoms with Crippen LogP contribution in [0.2, 0.25) is 0 Å². The molecule has 0 saturated heterocycles. The van der Waals surface area contributed by atoms with Gasteiger partial charge in [-0.2, -0.15) is 0 Å². The molecule has 0 aliphatic heterocycles. The SMILES string of the molecule is C=C(C)NC(=S)c1cc2cc(CCCCCC)c(OC(C)=O)cc2oc1=O. The van der Waals surface area contributed by atoms with Crippen LogP contribution in [0.15, 0.2) is 39.7 Å². The smallest absolute Gasteiger partial charge is 0.346 e. The molecule has 27 heavy (non-hydrogen) atoms. The van der Waals surface area contributed by atoms with Gasteiger partial charge in [0.1, 0.15) is 16.3 Å². The number of aryl methyl sites for hydroxylation is 1. The lowest BCUT2D eigenvalue weighted by molar-refractivity contribution is -0.131. The standard InChI is InChI=1S/C21H25NO4S/c1-5-6-7-8-9-15-10-16-11-17(20(27)22-13(2)3)21(24)26-19(16)12-18(15)25-14(4)23/h10-12H,2,5-9H2,1,3-4H3,(H,22,27). The number of hydrogen-bond donors (Lipinski definition) is 1. The van der Waals surface area contributed by atoms with Gasteiger partial charge in [0.05, 0.1) is 5.56 Å². The lowest BCUT2D eigenvalue weighted by atomic mass is 10.0. The van der Waals surface area contributed by atoms with Crippen molar-refractivity contribution in [2.24, 2.45) is 0 Å². The van der Waals surface area contributed by atoms with Gasteiger partial charge in [-0.1, -0.05) is 45.0 Å². The number of rotatable bonds is 8. The monoisotopic (exact) mass is 387 g/mol. The molecule has 0 spiro atoms. The van der Waals surface area contributed by atoms with Gasteiger partial charge in [-0.15, -0.1) is 0 Å². The van der Waals surface area contributed by atoms with Gasteiger partial charge >= 0.3 is 11.6 Å². The third-order valence-corrected chi connectivity index (χ3v) is 4.36. The lowest BCUT2D eigenvalue weighted by Gasteiger charge is -2.12. The van der Waals surface area contributed by atoms with Gasteiger partial charge < -0.3 is 14.5 Å². The van der Waals surface area contributed by atoms with Crippen molar-refractivity contribution in [3.63, 3.8) is 0 Å². The molecular formula is C21H25NO4S. The highest BCUT2D eigenvalue weighted by molar-refractivity contribution is 7.80. The maximum atomic E-state index is 12.3. The number of carbonyl (C=O) groups excluding carboxylic acids is 1. The van der Waals surface area contributed by atoms with Crippen LogP contribution in [-0.2, 0) is 11.2 Å². The van der Waals surface area contributed by atoms with Crippen LogP contribution in [0.4, 0.5) is 0 Å². The first-order valence-electron chi connectivity index (χ1n) is 9.08. The molecule has 5 nitrogen and oxygen atoms in total. The summed E-state index contributed by atoms with van der Waals surface area (Å²) in [5.74, 6) is 0.0278. The molecule has 0 aliphatic rings. The maximum absolute atomic E-state index is 12.3. The average molecular weight is 388 g/mol. The molecule has 0 bridgehead atoms. The van der Waals surface area contributed by atoms with E-state index in [0.717, 1.165) is 43.1 Å². The number of nitrogens with one attached hydrogen (secondary N) is 1. The first-order chi connectivity index (χ1) is 12.8. The van der Waals surface area contributed by atoms with E-state index in [1.54, 1.807) is 19.1 Å². The molecule has 0 unspecified atom stereocenters. The number of hydrogen-bond acceptors (Lipinski definition) is 5. The summed E-state index contributed by atoms with van der Waals surface area (Å²) in [5.41, 5.74) is 1.63. The second-order valence-corrected chi connectivity index (χ2v) is 6.99. The predicted molar refractivity (Wildman–Crippen MR) is 111 cm³/mol. The van der Waals surface area contributed by atoms with Gasteiger partial charge in [0, 0.05) is 24.1 Å². The zero-order valence-electron chi connectivity index (χ0n) is 16.0. The van der Waals surface area contributed by atoms with Crippen molar-refractivity contribution in [2.45, 2.75) is 52.9 Å². The van der Waals surface area contributed by atoms with Crippen molar-refractivity contribution in [2.75, 3.05) is 0 Å². The second kappa shape index (κ2) is 9.46. The van der Waals surface area contributed by atoms with Crippen LogP contribution < -0.4 is 15.7 Å². The van der Waals surface area contributed by atoms with Crippen LogP contribution in [0, 0.1) is 0 Å². The molecule has 0 aliphatic carbocycles. The molecule has 1 heterocycles. The largest absolute Gasteiger partial charge is 0.426 e. The Morgan fingerprint density at radius 2 is 1.96 bits per heavy atom. The fourth-order valence-corrected chi connectivity index (χ4v) is 3.12. The Kier molecular flexibility index (Phi) is 7.30. The molecule has 1 aromatic carbocycles. The molecule has 1 aromatic heterocycles. The minimum atomic E-state index is -0.550. The number of allylic oxidation sites excluding steroid dienone is 1. The van der Waals surface area contributed by atoms with E-state index < -0.39 is 11.6 Å². The van der Waals surface area contributed by atoms with E-state index in [1.807, 2.05) is 6.07 Å². The van der Waals surface area contributed by atoms with Gasteiger partial charge in [-0.3, -0.25) is 4.79 Å². The molecule has 0 saturated carbocycles. The Balaban J connectivity index is 2.46. The summed E-state index contributed by atoms with van der Waals surface area (Å²) in [6.07, 6.45) is 5.19. The highest BCUT2D eigenvalue weighted by Crippen LogP contribution is 2.28. The molecule has 144 valence electrons. The average Bonchev–Trinajstić information content (AvgIpc) is 2.57. The van der Waals surface area contributed by atoms with Gasteiger partial charge in [0.25, 0.3) is 0 Å². The third-order valence-electron chi connectivity index (χ3n) is 4.04. The highest BCUT2D eigenvalue weighted by atomic mass is 32.1. The summed E-state index contributed by atoms with van der Waals surface area (Å²) in [5, 5.41) is 3.61. The maximum Gasteiger partial charge on any atom is 0.346 e. The summed E-state index contributed by atoms with van der Waals surface area (Å²) in [6.45, 7) is 9.01. The molecule has 0 fully saturated rings. The van der Waals surface area contributed by atoms with Crippen LogP contribution in [0.1, 0.15) is 57.6 Å². The second-order valence-electron chi connectivity index (χ2n) is 6.58. The fourth-order valence-electron chi connectivity index (χ4n) is 2.80. The summed E-state index contributed by atoms with van der Waals surface area (Å²) < 4.78 is 10.7. The van der Waals surface area contributed by atoms with E-state index in [4.69, 9.17) is 21.4 Å². The van der Waals surface area contributed by atoms with Crippen LogP contribution in [-0.4, -0.2) is 11.0 Å². The van der Waals surface area contributed by atoms with Gasteiger partial charge in [0.2, 0.25) is 0 Å². The number of unbranched alkanes of at least 4 members (excludes halogenated alkanes) is 3. The molecule has 2 rings (SSSR count). The number of fused-ring (bicyclic) bond motifs is 1. The van der Waals surface area contributed by atoms with Crippen LogP contribution in [0.25, 0.3) is 11.0 Å². The summed E-state index contributed by atoms with van der Waals surface area (Å²) in [7, 11) is 0. The number of carbonyl (C=O) groups is 1. The van der Waals surface area contributed by atoms with E-state index >= 15 is 0 Å². The molecule has 1 N–H and O–H groups in total. The van der Waals surface area contributed by atoms with Crippen LogP contribution >= 0.6 is 12.2 Å². The zero-order chi connectivity index (χ0) is 20.0. The topological polar surface area (TPSA) is 68.5 Å². The third kappa shape index (κ3) is 5.76. The Hall–Kier alpha value is -2.47. The number of benzene rings is 1. The molecule has 0 amide bonds. The first kappa shape index (κ1) is 20.8. The molecule has 0 atom stereocenters. The lowest BCUT2D eigenvalue weighted by Crippen LogP contribution is -2.25. The molecule has 6 heteroatoms. The molecule has 0 radical (unpaired) electrons. The Labute approximate surface area is 164 Å². The Bertz CT molecular complexity index is 930. The first-order valence-corrected chi connectivity index (χ1v) is 9.48. The Morgan fingerprint density at radius 1 is 1.22 bits per heavy atom. The molecular weight excluding hydrogens is 362 g/mol. The van der Waals surface area contributed by atoms with Crippen molar-refractivity contribution in [3.05, 3.63) is 52.0 Å². The summed E-state index contributed by atoms with van der Waals surface area (Å²) in [4.78, 5) is 24.0. The predicted octanol–water partition coefficient (Wildman–Crippen LogP) is 4.64. The highest BCUT2D eigenvalue weighted by Gasteiger charge is 2.14. The van der Waals surface area contributed by atoms with Gasteiger partial charge in [-0.25, -0.2) is 4.79 Å². The number of thiocarbonyl (C=S) groups is 1. The van der Waals surface area contributed by atoms with Gasteiger partial charge in [0.15, 0.2) is 0 Å². The van der Waals surface area contributed by atoms with E-state index in [-0.39, 0.29) is 10.6 Å². The fraction of sp³-hybridized carbons (Fsp3) is 0.381. The quantitative estimate of drug-likeness (QED) is 0.234. The van der Waals surface area contributed by atoms with Crippen molar-refractivity contribution in [1.29, 1.82) is 0 Å². The van der Waals surface area contributed by atoms with Gasteiger partial charge in [-0.05, 0) is 37.5 Å². The minimum Gasteiger partial charge on any atom is -0.426 e. The van der Waals surface area contributed by atoms with Crippen molar-refractivity contribution >= 4 is 34.1 Å². The van der Waals surface area contributed by atoms with E-state index in [2.05, 4.69) is 18.8 Å². The van der Waals surface area contributed by atoms with E-state index in [9.17, 15) is 9.59 Å². The van der Waals surface area contributed by atoms with Crippen molar-refractivity contribution < 1.29 is 13.9 Å². The summed E-state index contributed by atoms with van der Waals surface area (Å²) >= 11 is 5.26. The minimum absolute atomic E-state index is 0.270. The Morgan fingerprint density at radius 3 is 2.59 bits per heavy atom. The number of ether oxygens (including phenoxy) is 1. The normalized spacial score (nSPS) is 10.6. The van der Waals surface area contributed by atoms with Crippen molar-refractivity contribution in [1.82, 2.24) is 5.32 Å². The molecule has 2 aromatic rings. The van der Waals surface area contributed by atoms with E-state index in [1.165, 1.54) is 6.92 Å². The zero-order valence-corrected chi connectivity index (χ0v) is 16.8. The van der Waals surface area contributed by atoms with Crippen LogP contribution in [0.5, 0.6) is 5.75 Å². The van der Waals surface area contributed by atoms with Crippen LogP contribution in [0.3, 0.4) is 0 Å². The summed E-state index contributed by atoms with van der Waals surface area (Å²) in [6, 6.07) is 5.20. The van der Waals surface area contributed by atoms with Crippen molar-refractivity contribution in [3.8, 4) is 5.75 Å². The number of esters is 1.